The van der Waals surface area contributed by atoms with E-state index < -0.39 is 18.0 Å². The summed E-state index contributed by atoms with van der Waals surface area (Å²) in [4.78, 5) is 21.7. The summed E-state index contributed by atoms with van der Waals surface area (Å²) in [6.45, 7) is 8.42. The third-order valence-electron chi connectivity index (χ3n) is 1.49. The quantitative estimate of drug-likeness (QED) is 0.492. The van der Waals surface area contributed by atoms with Crippen LogP contribution in [0.1, 0.15) is 13.3 Å². The molecule has 0 aromatic rings. The molecule has 4 nitrogen and oxygen atoms in total. The van der Waals surface area contributed by atoms with Crippen LogP contribution in [-0.2, 0) is 19.1 Å². The molecule has 14 heavy (non-hydrogen) atoms. The van der Waals surface area contributed by atoms with Gasteiger partial charge in [0, 0.05) is 18.1 Å². The molecule has 0 aromatic carbocycles. The molecular weight excluding hydrogens is 184 g/mol. The van der Waals surface area contributed by atoms with Crippen LogP contribution in [0.4, 0.5) is 0 Å². The molecule has 0 aliphatic rings. The molecule has 0 spiro atoms. The maximum atomic E-state index is 10.9. The molecule has 0 amide bonds. The minimum Gasteiger partial charge on any atom is -0.466 e. The molecule has 1 unspecified atom stereocenters. The zero-order valence-electron chi connectivity index (χ0n) is 8.41. The van der Waals surface area contributed by atoms with Gasteiger partial charge in [-0.3, -0.25) is 0 Å². The lowest BCUT2D eigenvalue weighted by Gasteiger charge is -2.11. The van der Waals surface area contributed by atoms with Gasteiger partial charge in [0.15, 0.2) is 0 Å². The van der Waals surface area contributed by atoms with Crippen molar-refractivity contribution in [3.8, 4) is 0 Å². The highest BCUT2D eigenvalue weighted by Gasteiger charge is 2.13. The van der Waals surface area contributed by atoms with Crippen molar-refractivity contribution in [1.82, 2.24) is 0 Å². The maximum Gasteiger partial charge on any atom is 0.333 e. The molecule has 0 rings (SSSR count). The zero-order chi connectivity index (χ0) is 11.1. The van der Waals surface area contributed by atoms with Crippen molar-refractivity contribution in [1.29, 1.82) is 0 Å². The van der Waals surface area contributed by atoms with Crippen molar-refractivity contribution in [3.63, 3.8) is 0 Å². The molecule has 0 aliphatic carbocycles. The first-order valence-corrected chi connectivity index (χ1v) is 4.10. The van der Waals surface area contributed by atoms with Crippen molar-refractivity contribution >= 4 is 11.9 Å². The molecule has 0 radical (unpaired) electrons. The molecule has 0 aromatic heterocycles. The lowest BCUT2D eigenvalue weighted by Crippen LogP contribution is -2.16. The van der Waals surface area contributed by atoms with E-state index in [-0.39, 0.29) is 12.0 Å². The lowest BCUT2D eigenvalue weighted by molar-refractivity contribution is -0.143. The van der Waals surface area contributed by atoms with Crippen molar-refractivity contribution in [2.24, 2.45) is 0 Å². The summed E-state index contributed by atoms with van der Waals surface area (Å²) in [6, 6.07) is 0. The second-order valence-corrected chi connectivity index (χ2v) is 2.75. The minimum atomic E-state index is -0.518. The van der Waals surface area contributed by atoms with Crippen LogP contribution in [0.2, 0.25) is 0 Å². The Morgan fingerprint density at radius 2 is 2.07 bits per heavy atom. The average molecular weight is 198 g/mol. The highest BCUT2D eigenvalue weighted by molar-refractivity contribution is 5.87. The van der Waals surface area contributed by atoms with Crippen LogP contribution in [0.25, 0.3) is 0 Å². The summed E-state index contributed by atoms with van der Waals surface area (Å²) in [7, 11) is 1.27. The number of ether oxygens (including phenoxy) is 2. The Morgan fingerprint density at radius 1 is 1.50 bits per heavy atom. The predicted octanol–water partition coefficient (Wildman–Crippen LogP) is 1.22. The summed E-state index contributed by atoms with van der Waals surface area (Å²) in [5.41, 5.74) is 0.275. The maximum absolute atomic E-state index is 10.9. The number of hydrogen-bond acceptors (Lipinski definition) is 4. The Labute approximate surface area is 83.2 Å². The van der Waals surface area contributed by atoms with E-state index in [9.17, 15) is 9.59 Å². The van der Waals surface area contributed by atoms with Gasteiger partial charge >= 0.3 is 11.9 Å². The molecule has 4 heteroatoms. The number of carbonyl (C=O) groups excluding carboxylic acids is 2. The van der Waals surface area contributed by atoms with Gasteiger partial charge in [-0.15, -0.1) is 0 Å². The molecule has 0 heterocycles. The van der Waals surface area contributed by atoms with E-state index >= 15 is 0 Å². The van der Waals surface area contributed by atoms with Gasteiger partial charge in [0.1, 0.15) is 6.10 Å². The van der Waals surface area contributed by atoms with Crippen LogP contribution in [0, 0.1) is 0 Å². The topological polar surface area (TPSA) is 52.6 Å². The van der Waals surface area contributed by atoms with Crippen molar-refractivity contribution in [2.45, 2.75) is 19.4 Å². The molecule has 0 aliphatic heterocycles. The number of hydrogen-bond donors (Lipinski definition) is 0. The number of esters is 2. The lowest BCUT2D eigenvalue weighted by atomic mass is 10.1. The number of methoxy groups -OCH3 is 1. The van der Waals surface area contributed by atoms with E-state index in [4.69, 9.17) is 4.74 Å². The van der Waals surface area contributed by atoms with Crippen LogP contribution >= 0.6 is 0 Å². The van der Waals surface area contributed by atoms with E-state index in [0.29, 0.717) is 0 Å². The van der Waals surface area contributed by atoms with E-state index in [1.807, 2.05) is 0 Å². The summed E-state index contributed by atoms with van der Waals surface area (Å²) in [6.07, 6.45) is 0.913. The summed E-state index contributed by atoms with van der Waals surface area (Å²) in [5.74, 6) is -1.01. The monoisotopic (exact) mass is 198 g/mol. The minimum absolute atomic E-state index is 0.256. The molecule has 0 saturated heterocycles. The van der Waals surface area contributed by atoms with Crippen molar-refractivity contribution in [3.05, 3.63) is 24.8 Å². The van der Waals surface area contributed by atoms with Gasteiger partial charge in [0.25, 0.3) is 0 Å². The fraction of sp³-hybridized carbons (Fsp3) is 0.400. The first kappa shape index (κ1) is 12.4. The molecule has 0 N–H and O–H groups in total. The largest absolute Gasteiger partial charge is 0.466 e. The molecule has 0 bridgehead atoms. The zero-order valence-corrected chi connectivity index (χ0v) is 8.41. The Bertz CT molecular complexity index is 255. The van der Waals surface area contributed by atoms with E-state index in [1.54, 1.807) is 6.92 Å². The van der Waals surface area contributed by atoms with Gasteiger partial charge in [0.05, 0.1) is 7.11 Å². The van der Waals surface area contributed by atoms with Crippen molar-refractivity contribution < 1.29 is 19.1 Å². The van der Waals surface area contributed by atoms with Crippen LogP contribution in [0.15, 0.2) is 24.8 Å². The van der Waals surface area contributed by atoms with Crippen LogP contribution in [0.3, 0.4) is 0 Å². The van der Waals surface area contributed by atoms with Gasteiger partial charge in [-0.05, 0) is 6.92 Å². The molecule has 0 saturated carbocycles. The first-order chi connectivity index (χ1) is 6.51. The second kappa shape index (κ2) is 5.96. The smallest absolute Gasteiger partial charge is 0.333 e. The SMILES string of the molecule is C=CC(=O)OC(C)CC(=C)C(=O)OC. The molecule has 78 valence electrons. The molecule has 1 atom stereocenters. The van der Waals surface area contributed by atoms with E-state index in [2.05, 4.69) is 17.9 Å². The van der Waals surface area contributed by atoms with Crippen LogP contribution in [0.5, 0.6) is 0 Å². The van der Waals surface area contributed by atoms with Gasteiger partial charge in [-0.25, -0.2) is 9.59 Å². The van der Waals surface area contributed by atoms with Crippen LogP contribution in [-0.4, -0.2) is 25.2 Å². The molecule has 0 fully saturated rings. The van der Waals surface area contributed by atoms with Crippen molar-refractivity contribution in [2.75, 3.05) is 7.11 Å². The summed E-state index contributed by atoms with van der Waals surface area (Å²) in [5, 5.41) is 0. The second-order valence-electron chi connectivity index (χ2n) is 2.75. The molecular formula is C10H14O4. The van der Waals surface area contributed by atoms with Gasteiger partial charge in [-0.1, -0.05) is 13.2 Å². The summed E-state index contributed by atoms with van der Waals surface area (Å²) < 4.78 is 9.28. The fourth-order valence-electron chi connectivity index (χ4n) is 0.863. The summed E-state index contributed by atoms with van der Waals surface area (Å²) >= 11 is 0. The Morgan fingerprint density at radius 3 is 2.50 bits per heavy atom. The van der Waals surface area contributed by atoms with Gasteiger partial charge in [0.2, 0.25) is 0 Å². The highest BCUT2D eigenvalue weighted by Crippen LogP contribution is 2.08. The van der Waals surface area contributed by atoms with Crippen LogP contribution < -0.4 is 0 Å². The number of rotatable bonds is 5. The average Bonchev–Trinajstić information content (AvgIpc) is 2.15. The number of carbonyl (C=O) groups is 2. The first-order valence-electron chi connectivity index (χ1n) is 4.10. The standard InChI is InChI=1S/C10H14O4/c1-5-9(11)14-8(3)6-7(2)10(12)13-4/h5,8H,1-2,6H2,3-4H3. The van der Waals surface area contributed by atoms with E-state index in [1.165, 1.54) is 7.11 Å². The Balaban J connectivity index is 4.00. The third kappa shape index (κ3) is 4.45. The predicted molar refractivity (Wildman–Crippen MR) is 51.5 cm³/mol. The normalized spacial score (nSPS) is 11.3. The van der Waals surface area contributed by atoms with Gasteiger partial charge < -0.3 is 9.47 Å². The third-order valence-corrected chi connectivity index (χ3v) is 1.49. The Kier molecular flexibility index (Phi) is 5.29. The van der Waals surface area contributed by atoms with Gasteiger partial charge in [-0.2, -0.15) is 0 Å². The van der Waals surface area contributed by atoms with E-state index in [0.717, 1.165) is 6.08 Å². The fourth-order valence-corrected chi connectivity index (χ4v) is 0.863. The highest BCUT2D eigenvalue weighted by atomic mass is 16.5. The Hall–Kier alpha value is -1.58.